The van der Waals surface area contributed by atoms with Crippen LogP contribution in [0.3, 0.4) is 0 Å². The maximum atomic E-state index is 11.9. The molecule has 1 amide bonds. The largest absolute Gasteiger partial charge is 0.444 e. The zero-order valence-electron chi connectivity index (χ0n) is 8.83. The van der Waals surface area contributed by atoms with Crippen molar-refractivity contribution >= 4 is 16.5 Å². The summed E-state index contributed by atoms with van der Waals surface area (Å²) in [6.45, 7) is 4.81. The highest BCUT2D eigenvalue weighted by atomic mass is 32.3. The summed E-state index contributed by atoms with van der Waals surface area (Å²) in [4.78, 5) is 11.0. The van der Waals surface area contributed by atoms with Gasteiger partial charge in [-0.3, -0.25) is 0 Å². The maximum absolute atomic E-state index is 11.9. The number of hydrogen-bond donors (Lipinski definition) is 2. The van der Waals surface area contributed by atoms with Crippen LogP contribution in [0.1, 0.15) is 20.8 Å². The van der Waals surface area contributed by atoms with Crippen LogP contribution in [-0.2, 0) is 15.1 Å². The third kappa shape index (κ3) is 11.0. The molecule has 90 valence electrons. The molecule has 0 saturated carbocycles. The zero-order valence-corrected chi connectivity index (χ0v) is 9.65. The number of hydrogen-bond acceptors (Lipinski definition) is 4. The molecule has 0 aromatic rings. The number of rotatable bonds is 4. The predicted molar refractivity (Wildman–Crippen MR) is 52.3 cm³/mol. The number of alkyl carbamates (subject to hydrolysis) is 1. The van der Waals surface area contributed by atoms with Crippen LogP contribution in [0.4, 0.5) is 8.68 Å². The molecule has 0 aliphatic carbocycles. The maximum Gasteiger partial charge on any atom is 0.407 e. The Balaban J connectivity index is 3.66. The van der Waals surface area contributed by atoms with Gasteiger partial charge in [0.25, 0.3) is 0 Å². The van der Waals surface area contributed by atoms with Gasteiger partial charge in [-0.25, -0.2) is 4.79 Å². The molecule has 0 spiro atoms. The third-order valence-corrected chi connectivity index (χ3v) is 1.62. The quantitative estimate of drug-likeness (QED) is 0.549. The molecule has 0 radical (unpaired) electrons. The van der Waals surface area contributed by atoms with Crippen molar-refractivity contribution in [2.24, 2.45) is 0 Å². The van der Waals surface area contributed by atoms with Gasteiger partial charge < -0.3 is 10.1 Å². The number of nitrogens with one attached hydrogen (secondary N) is 2. The molecule has 6 nitrogen and oxygen atoms in total. The van der Waals surface area contributed by atoms with Crippen molar-refractivity contribution in [1.82, 2.24) is 10.0 Å². The fourth-order valence-corrected chi connectivity index (χ4v) is 0.998. The average Bonchev–Trinajstić information content (AvgIpc) is 1.92. The molecule has 0 fully saturated rings. The van der Waals surface area contributed by atoms with Crippen molar-refractivity contribution in [1.29, 1.82) is 0 Å². The Labute approximate surface area is 88.5 Å². The number of ether oxygens (including phenoxy) is 1. The summed E-state index contributed by atoms with van der Waals surface area (Å²) < 4.78 is 38.3. The van der Waals surface area contributed by atoms with Crippen molar-refractivity contribution in [3.63, 3.8) is 0 Å². The fourth-order valence-electron chi connectivity index (χ4n) is 0.652. The Morgan fingerprint density at radius 3 is 2.27 bits per heavy atom. The third-order valence-electron chi connectivity index (χ3n) is 1.07. The standard InChI is InChI=1S/C7H15FN2O4S/c1-7(2,3)14-6(11)9-4-5-10-15(8,12)13/h10H,4-5H2,1-3H3,(H,9,11). The van der Waals surface area contributed by atoms with Crippen LogP contribution in [0, 0.1) is 0 Å². The first kappa shape index (κ1) is 14.1. The van der Waals surface area contributed by atoms with Crippen molar-refractivity contribution < 1.29 is 21.8 Å². The molecule has 0 aliphatic rings. The van der Waals surface area contributed by atoms with E-state index in [1.165, 1.54) is 0 Å². The monoisotopic (exact) mass is 242 g/mol. The molecule has 0 aromatic heterocycles. The molecule has 0 aromatic carbocycles. The molecule has 8 heteroatoms. The number of halogens is 1. The van der Waals surface area contributed by atoms with Crippen LogP contribution in [-0.4, -0.2) is 33.2 Å². The fraction of sp³-hybridized carbons (Fsp3) is 0.857. The minimum atomic E-state index is -4.70. The van der Waals surface area contributed by atoms with Gasteiger partial charge in [0.2, 0.25) is 0 Å². The second kappa shape index (κ2) is 5.26. The molecular weight excluding hydrogens is 227 g/mol. The second-order valence-corrected chi connectivity index (χ2v) is 4.93. The number of carbonyl (C=O) groups is 1. The Morgan fingerprint density at radius 2 is 1.87 bits per heavy atom. The summed E-state index contributed by atoms with van der Waals surface area (Å²) in [5.41, 5.74) is -0.621. The first-order valence-electron chi connectivity index (χ1n) is 4.26. The van der Waals surface area contributed by atoms with Gasteiger partial charge >= 0.3 is 16.5 Å². The molecule has 0 heterocycles. The molecule has 0 rings (SSSR count). The van der Waals surface area contributed by atoms with Crippen LogP contribution >= 0.6 is 0 Å². The first-order chi connectivity index (χ1) is 6.60. The van der Waals surface area contributed by atoms with Crippen molar-refractivity contribution in [3.8, 4) is 0 Å². The van der Waals surface area contributed by atoms with E-state index in [2.05, 4.69) is 5.32 Å². The Bertz CT molecular complexity index is 309. The number of amides is 1. The zero-order chi connectivity index (χ0) is 12.1. The molecule has 0 saturated heterocycles. The van der Waals surface area contributed by atoms with Gasteiger partial charge in [0, 0.05) is 13.1 Å². The molecule has 15 heavy (non-hydrogen) atoms. The van der Waals surface area contributed by atoms with Crippen LogP contribution in [0.25, 0.3) is 0 Å². The van der Waals surface area contributed by atoms with Gasteiger partial charge in [-0.05, 0) is 20.8 Å². The average molecular weight is 242 g/mol. The van der Waals surface area contributed by atoms with Gasteiger partial charge in [0.15, 0.2) is 0 Å². The molecular formula is C7H15FN2O4S. The van der Waals surface area contributed by atoms with E-state index >= 15 is 0 Å². The summed E-state index contributed by atoms with van der Waals surface area (Å²) in [5, 5.41) is 2.26. The van der Waals surface area contributed by atoms with Gasteiger partial charge in [0.05, 0.1) is 0 Å². The van der Waals surface area contributed by atoms with E-state index in [0.717, 1.165) is 0 Å². The van der Waals surface area contributed by atoms with Crippen molar-refractivity contribution in [3.05, 3.63) is 0 Å². The van der Waals surface area contributed by atoms with E-state index in [1.807, 2.05) is 0 Å². The van der Waals surface area contributed by atoms with Crippen LogP contribution in [0.5, 0.6) is 0 Å². The summed E-state index contributed by atoms with van der Waals surface area (Å²) in [5.74, 6) is 0. The minimum absolute atomic E-state index is 0.0436. The Hall–Kier alpha value is -0.890. The second-order valence-electron chi connectivity index (χ2n) is 3.76. The Morgan fingerprint density at radius 1 is 1.33 bits per heavy atom. The summed E-state index contributed by atoms with van der Waals surface area (Å²) in [7, 11) is -4.70. The van der Waals surface area contributed by atoms with E-state index in [0.29, 0.717) is 0 Å². The van der Waals surface area contributed by atoms with Gasteiger partial charge in [0.1, 0.15) is 5.60 Å². The highest BCUT2D eigenvalue weighted by Crippen LogP contribution is 2.05. The number of carbonyl (C=O) groups excluding carboxylic acids is 1. The van der Waals surface area contributed by atoms with Crippen molar-refractivity contribution in [2.75, 3.05) is 13.1 Å². The van der Waals surface area contributed by atoms with Gasteiger partial charge in [-0.1, -0.05) is 3.89 Å². The predicted octanol–water partition coefficient (Wildman–Crippen LogP) is 0.315. The molecule has 0 aliphatic heterocycles. The minimum Gasteiger partial charge on any atom is -0.444 e. The first-order valence-corrected chi connectivity index (χ1v) is 5.64. The lowest BCUT2D eigenvalue weighted by Crippen LogP contribution is -2.37. The summed E-state index contributed by atoms with van der Waals surface area (Å²) >= 11 is 0. The van der Waals surface area contributed by atoms with Crippen molar-refractivity contribution in [2.45, 2.75) is 26.4 Å². The van der Waals surface area contributed by atoms with Crippen LogP contribution in [0.2, 0.25) is 0 Å². The van der Waals surface area contributed by atoms with Gasteiger partial charge in [-0.15, -0.1) is 0 Å². The van der Waals surface area contributed by atoms with Crippen LogP contribution < -0.4 is 10.0 Å². The van der Waals surface area contributed by atoms with E-state index < -0.39 is 22.1 Å². The summed E-state index contributed by atoms with van der Waals surface area (Å²) in [6, 6.07) is 0. The highest BCUT2D eigenvalue weighted by molar-refractivity contribution is 7.84. The van der Waals surface area contributed by atoms with Crippen LogP contribution in [0.15, 0.2) is 0 Å². The highest BCUT2D eigenvalue weighted by Gasteiger charge is 2.15. The van der Waals surface area contributed by atoms with E-state index in [4.69, 9.17) is 4.74 Å². The Kier molecular flexibility index (Phi) is 4.95. The van der Waals surface area contributed by atoms with E-state index in [-0.39, 0.29) is 13.1 Å². The molecule has 0 atom stereocenters. The smallest absolute Gasteiger partial charge is 0.407 e. The lowest BCUT2D eigenvalue weighted by molar-refractivity contribution is 0.0529. The lowest BCUT2D eigenvalue weighted by atomic mass is 10.2. The summed E-state index contributed by atoms with van der Waals surface area (Å²) in [6.07, 6.45) is -0.680. The van der Waals surface area contributed by atoms with E-state index in [9.17, 15) is 17.1 Å². The lowest BCUT2D eigenvalue weighted by Gasteiger charge is -2.19. The van der Waals surface area contributed by atoms with Gasteiger partial charge in [-0.2, -0.15) is 13.1 Å². The SMILES string of the molecule is CC(C)(C)OC(=O)NCCNS(=O)(=O)F. The van der Waals surface area contributed by atoms with E-state index in [1.54, 1.807) is 25.5 Å². The molecule has 0 unspecified atom stereocenters. The molecule has 2 N–H and O–H groups in total. The normalized spacial score (nSPS) is 12.3. The molecule has 0 bridgehead atoms. The topological polar surface area (TPSA) is 84.5 Å².